The van der Waals surface area contributed by atoms with E-state index >= 15 is 0 Å². The molecular formula is C34H33ClN2O6S. The van der Waals surface area contributed by atoms with Crippen LogP contribution in [0.2, 0.25) is 5.02 Å². The third kappa shape index (κ3) is 6.59. The first-order valence-electron chi connectivity index (χ1n) is 14.2. The van der Waals surface area contributed by atoms with Gasteiger partial charge in [0.05, 0.1) is 35.6 Å². The van der Waals surface area contributed by atoms with E-state index in [1.54, 1.807) is 37.7 Å². The summed E-state index contributed by atoms with van der Waals surface area (Å²) in [7, 11) is 1.57. The van der Waals surface area contributed by atoms with Gasteiger partial charge in [0, 0.05) is 10.6 Å². The molecule has 10 heteroatoms. The Morgan fingerprint density at radius 1 is 1.07 bits per heavy atom. The number of esters is 1. The van der Waals surface area contributed by atoms with Crippen LogP contribution in [0.3, 0.4) is 0 Å². The fourth-order valence-electron chi connectivity index (χ4n) is 4.99. The number of rotatable bonds is 10. The Balaban J connectivity index is 1.57. The van der Waals surface area contributed by atoms with Crippen molar-refractivity contribution in [3.05, 3.63) is 119 Å². The van der Waals surface area contributed by atoms with Crippen molar-refractivity contribution < 1.29 is 23.7 Å². The van der Waals surface area contributed by atoms with Crippen LogP contribution >= 0.6 is 22.9 Å². The third-order valence-electron chi connectivity index (χ3n) is 6.86. The Morgan fingerprint density at radius 2 is 1.86 bits per heavy atom. The number of fused-ring (bicyclic) bond motifs is 1. The molecule has 0 N–H and O–H groups in total. The van der Waals surface area contributed by atoms with E-state index in [0.29, 0.717) is 55.0 Å². The van der Waals surface area contributed by atoms with Crippen molar-refractivity contribution in [1.82, 2.24) is 4.57 Å². The highest BCUT2D eigenvalue weighted by Crippen LogP contribution is 2.36. The zero-order chi connectivity index (χ0) is 31.4. The zero-order valence-electron chi connectivity index (χ0n) is 25.1. The highest BCUT2D eigenvalue weighted by molar-refractivity contribution is 7.07. The number of ether oxygens (including phenoxy) is 4. The number of carbonyl (C=O) groups is 1. The molecule has 2 heterocycles. The fraction of sp³-hybridized carbons (Fsp3) is 0.265. The molecule has 5 rings (SSSR count). The molecule has 0 fully saturated rings. The molecule has 0 saturated carbocycles. The summed E-state index contributed by atoms with van der Waals surface area (Å²) in [6, 6.07) is 19.6. The summed E-state index contributed by atoms with van der Waals surface area (Å²) in [6.45, 7) is 7.87. The number of para-hydroxylation sites is 1. The summed E-state index contributed by atoms with van der Waals surface area (Å²) < 4.78 is 25.1. The Labute approximate surface area is 264 Å². The minimum atomic E-state index is -0.779. The number of aromatic nitrogens is 1. The van der Waals surface area contributed by atoms with Crippen LogP contribution in [0.4, 0.5) is 0 Å². The van der Waals surface area contributed by atoms with Gasteiger partial charge in [-0.2, -0.15) is 0 Å². The molecule has 0 saturated heterocycles. The van der Waals surface area contributed by atoms with Crippen molar-refractivity contribution >= 4 is 35.0 Å². The number of hydrogen-bond donors (Lipinski definition) is 0. The van der Waals surface area contributed by atoms with Crippen LogP contribution in [0, 0.1) is 0 Å². The topological polar surface area (TPSA) is 88.4 Å². The van der Waals surface area contributed by atoms with Gasteiger partial charge >= 0.3 is 5.97 Å². The van der Waals surface area contributed by atoms with E-state index in [4.69, 9.17) is 30.5 Å². The number of carbonyl (C=O) groups excluding carboxylic acids is 1. The molecule has 4 aromatic rings. The minimum absolute atomic E-state index is 0.115. The van der Waals surface area contributed by atoms with Crippen molar-refractivity contribution in [1.29, 1.82) is 0 Å². The van der Waals surface area contributed by atoms with E-state index in [9.17, 15) is 9.59 Å². The lowest BCUT2D eigenvalue weighted by Gasteiger charge is -2.26. The van der Waals surface area contributed by atoms with Crippen LogP contribution in [0.5, 0.6) is 17.2 Å². The van der Waals surface area contributed by atoms with Gasteiger partial charge in [-0.3, -0.25) is 9.36 Å². The quantitative estimate of drug-likeness (QED) is 0.205. The average molecular weight is 633 g/mol. The molecule has 1 aliphatic heterocycles. The van der Waals surface area contributed by atoms with Crippen molar-refractivity contribution in [3.63, 3.8) is 0 Å². The molecule has 0 amide bonds. The van der Waals surface area contributed by atoms with Gasteiger partial charge in [-0.05, 0) is 75.2 Å². The first-order valence-corrected chi connectivity index (χ1v) is 15.4. The van der Waals surface area contributed by atoms with Gasteiger partial charge in [0.1, 0.15) is 18.4 Å². The van der Waals surface area contributed by atoms with E-state index in [1.165, 1.54) is 11.3 Å². The number of nitrogens with zero attached hydrogens (tertiary/aromatic N) is 2. The summed E-state index contributed by atoms with van der Waals surface area (Å²) in [6.07, 6.45) is 1.67. The second-order valence-corrected chi connectivity index (χ2v) is 11.8. The van der Waals surface area contributed by atoms with E-state index < -0.39 is 12.0 Å². The maximum absolute atomic E-state index is 14.1. The predicted molar refractivity (Wildman–Crippen MR) is 171 cm³/mol. The second-order valence-electron chi connectivity index (χ2n) is 10.3. The molecule has 1 atom stereocenters. The van der Waals surface area contributed by atoms with Crippen LogP contribution in [-0.2, 0) is 16.1 Å². The van der Waals surface area contributed by atoms with Crippen molar-refractivity contribution in [3.8, 4) is 17.2 Å². The van der Waals surface area contributed by atoms with Crippen molar-refractivity contribution in [2.45, 2.75) is 46.4 Å². The van der Waals surface area contributed by atoms with Crippen LogP contribution in [-0.4, -0.2) is 30.4 Å². The molecule has 0 aliphatic carbocycles. The summed E-state index contributed by atoms with van der Waals surface area (Å²) in [5, 5.41) is 0.637. The summed E-state index contributed by atoms with van der Waals surface area (Å²) in [4.78, 5) is 32.5. The van der Waals surface area contributed by atoms with Crippen molar-refractivity contribution in [2.75, 3.05) is 13.7 Å². The van der Waals surface area contributed by atoms with Gasteiger partial charge in [-0.1, -0.05) is 59.3 Å². The van der Waals surface area contributed by atoms with Gasteiger partial charge in [-0.15, -0.1) is 0 Å². The zero-order valence-corrected chi connectivity index (χ0v) is 26.7. The highest BCUT2D eigenvalue weighted by Gasteiger charge is 2.35. The number of benzene rings is 3. The van der Waals surface area contributed by atoms with Crippen LogP contribution in [0.25, 0.3) is 6.08 Å². The SMILES string of the molecule is CCOC(=O)C1=C(C)N=c2s/c(=C\c3ccc(OCc4cccc(Cl)c4)c(OC)c3)c(=O)n2[C@@H]1c1ccccc1OC(C)C. The number of allylic oxidation sites excluding steroid dienone is 1. The van der Waals surface area contributed by atoms with Gasteiger partial charge in [-0.25, -0.2) is 9.79 Å². The van der Waals surface area contributed by atoms with Gasteiger partial charge in [0.15, 0.2) is 16.3 Å². The van der Waals surface area contributed by atoms with Crippen molar-refractivity contribution in [2.24, 2.45) is 4.99 Å². The number of hydrogen-bond acceptors (Lipinski definition) is 8. The smallest absolute Gasteiger partial charge is 0.338 e. The van der Waals surface area contributed by atoms with Crippen LogP contribution < -0.4 is 29.1 Å². The first-order chi connectivity index (χ1) is 21.2. The lowest BCUT2D eigenvalue weighted by atomic mass is 9.95. The monoisotopic (exact) mass is 632 g/mol. The molecular weight excluding hydrogens is 600 g/mol. The second kappa shape index (κ2) is 13.5. The lowest BCUT2D eigenvalue weighted by molar-refractivity contribution is -0.139. The Bertz CT molecular complexity index is 1910. The molecule has 0 radical (unpaired) electrons. The molecule has 8 nitrogen and oxygen atoms in total. The average Bonchev–Trinajstić information content (AvgIpc) is 3.29. The van der Waals surface area contributed by atoms with E-state index in [2.05, 4.69) is 4.99 Å². The molecule has 0 unspecified atom stereocenters. The van der Waals surface area contributed by atoms with Gasteiger partial charge in [0.25, 0.3) is 5.56 Å². The largest absolute Gasteiger partial charge is 0.493 e. The van der Waals surface area contributed by atoms with E-state index in [0.717, 1.165) is 11.1 Å². The van der Waals surface area contributed by atoms with E-state index in [1.807, 2.05) is 74.5 Å². The minimum Gasteiger partial charge on any atom is -0.493 e. The normalized spacial score (nSPS) is 14.7. The number of methoxy groups -OCH3 is 1. The molecule has 0 bridgehead atoms. The Kier molecular flexibility index (Phi) is 9.56. The Morgan fingerprint density at radius 3 is 2.59 bits per heavy atom. The summed E-state index contributed by atoms with van der Waals surface area (Å²) >= 11 is 7.35. The molecule has 44 heavy (non-hydrogen) atoms. The maximum Gasteiger partial charge on any atom is 0.338 e. The Hall–Kier alpha value is -4.34. The predicted octanol–water partition coefficient (Wildman–Crippen LogP) is 5.83. The molecule has 0 spiro atoms. The summed E-state index contributed by atoms with van der Waals surface area (Å²) in [5.74, 6) is 1.14. The molecule has 1 aromatic heterocycles. The molecule has 228 valence electrons. The fourth-order valence-corrected chi connectivity index (χ4v) is 6.25. The van der Waals surface area contributed by atoms with Crippen LogP contribution in [0.1, 0.15) is 50.4 Å². The lowest BCUT2D eigenvalue weighted by Crippen LogP contribution is -2.40. The standard InChI is InChI=1S/C34H33ClN2O6S/c1-6-41-33(39)30-21(4)36-34-37(31(30)25-12-7-8-13-26(25)43-20(2)3)32(38)29(44-34)18-22-14-15-27(28(17-22)40-5)42-19-23-10-9-11-24(35)16-23/h7-18,20,31H,6,19H2,1-5H3/b29-18-/t31-/m1/s1. The summed E-state index contributed by atoms with van der Waals surface area (Å²) in [5.41, 5.74) is 2.85. The molecule has 1 aliphatic rings. The third-order valence-corrected chi connectivity index (χ3v) is 8.08. The van der Waals surface area contributed by atoms with Gasteiger partial charge in [0.2, 0.25) is 0 Å². The number of halogens is 1. The van der Waals surface area contributed by atoms with Gasteiger partial charge < -0.3 is 18.9 Å². The highest BCUT2D eigenvalue weighted by atomic mass is 35.5. The first kappa shape index (κ1) is 31.1. The molecule has 3 aromatic carbocycles. The van der Waals surface area contributed by atoms with E-state index in [-0.39, 0.29) is 18.3 Å². The maximum atomic E-state index is 14.1. The number of thiazole rings is 1. The van der Waals surface area contributed by atoms with Crippen LogP contribution in [0.15, 0.2) is 87.8 Å².